The molecule has 0 radical (unpaired) electrons. The van der Waals surface area contributed by atoms with Crippen LogP contribution in [0.25, 0.3) is 0 Å². The second-order valence-electron chi connectivity index (χ2n) is 7.08. The number of allylic oxidation sites excluding steroid dienone is 2. The number of benzene rings is 1. The zero-order chi connectivity index (χ0) is 18.9. The van der Waals surface area contributed by atoms with Crippen LogP contribution < -0.4 is 4.74 Å². The number of nitrogens with zero attached hydrogens (tertiary/aromatic N) is 1. The van der Waals surface area contributed by atoms with Crippen LogP contribution in [0.5, 0.6) is 5.75 Å². The van der Waals surface area contributed by atoms with Gasteiger partial charge in [0.25, 0.3) is 6.71 Å². The van der Waals surface area contributed by atoms with Gasteiger partial charge >= 0.3 is 0 Å². The molecular formula is C20H21BBrClFNO. The molecule has 0 saturated heterocycles. The summed E-state index contributed by atoms with van der Waals surface area (Å²) in [5.74, 6) is 2.44. The van der Waals surface area contributed by atoms with Crippen LogP contribution in [-0.2, 0) is 6.42 Å². The van der Waals surface area contributed by atoms with E-state index in [9.17, 15) is 9.65 Å². The van der Waals surface area contributed by atoms with Crippen molar-refractivity contribution in [2.24, 2.45) is 0 Å². The molecule has 0 amide bonds. The van der Waals surface area contributed by atoms with Gasteiger partial charge in [0.15, 0.2) is 0 Å². The lowest BCUT2D eigenvalue weighted by Crippen LogP contribution is -2.46. The van der Waals surface area contributed by atoms with Crippen molar-refractivity contribution < 1.29 is 9.13 Å². The van der Waals surface area contributed by atoms with Crippen LogP contribution in [0.4, 0.5) is 4.39 Å². The lowest BCUT2D eigenvalue weighted by atomic mass is 9.38. The Labute approximate surface area is 168 Å². The molecule has 1 aliphatic carbocycles. The molecule has 1 aliphatic heterocycles. The van der Waals surface area contributed by atoms with E-state index in [-0.39, 0.29) is 17.6 Å². The SMILES string of the molecule is CCCC(B(C)C#N)C1(C2=CCCC=C2)Cc2c(cc(F)c(Cl)c2Br)O1. The minimum absolute atomic E-state index is 0.00707. The van der Waals surface area contributed by atoms with Crippen molar-refractivity contribution >= 4 is 34.2 Å². The van der Waals surface area contributed by atoms with E-state index in [1.165, 1.54) is 6.07 Å². The maximum Gasteiger partial charge on any atom is 0.272 e. The number of hydrogen-bond donors (Lipinski definition) is 0. The normalized spacial score (nSPS) is 22.2. The highest BCUT2D eigenvalue weighted by atomic mass is 79.9. The van der Waals surface area contributed by atoms with Crippen molar-refractivity contribution in [3.05, 3.63) is 50.7 Å². The van der Waals surface area contributed by atoms with Crippen LogP contribution in [0, 0.1) is 17.0 Å². The van der Waals surface area contributed by atoms with E-state index in [0.717, 1.165) is 36.8 Å². The van der Waals surface area contributed by atoms with Gasteiger partial charge < -0.3 is 4.74 Å². The standard InChI is InChI=1S/C20H21BBrClFNO/c1-3-7-17(21(2)12-25)20(13-8-5-4-6-9-13)11-14-16(26-20)10-15(24)19(23)18(14)22/h5,8-10,17H,3-4,6-7,11H2,1-2H3. The average Bonchev–Trinajstić information content (AvgIpc) is 3.05. The van der Waals surface area contributed by atoms with Gasteiger partial charge in [-0.2, -0.15) is 0 Å². The van der Waals surface area contributed by atoms with E-state index in [0.29, 0.717) is 16.6 Å². The van der Waals surface area contributed by atoms with E-state index in [1.807, 2.05) is 6.82 Å². The molecule has 0 N–H and O–H groups in total. The van der Waals surface area contributed by atoms with Gasteiger partial charge in [0, 0.05) is 28.5 Å². The fourth-order valence-electron chi connectivity index (χ4n) is 4.16. The summed E-state index contributed by atoms with van der Waals surface area (Å²) < 4.78 is 21.2. The van der Waals surface area contributed by atoms with Gasteiger partial charge in [-0.25, -0.2) is 9.65 Å². The molecule has 26 heavy (non-hydrogen) atoms. The molecule has 3 rings (SSSR count). The van der Waals surface area contributed by atoms with Gasteiger partial charge in [-0.15, -0.1) is 0 Å². The van der Waals surface area contributed by atoms with Gasteiger partial charge in [0.1, 0.15) is 17.2 Å². The Morgan fingerprint density at radius 3 is 2.88 bits per heavy atom. The largest absolute Gasteiger partial charge is 0.482 e. The summed E-state index contributed by atoms with van der Waals surface area (Å²) in [5, 5.41) is 9.71. The highest BCUT2D eigenvalue weighted by Crippen LogP contribution is 2.53. The molecule has 1 aromatic rings. The number of nitriles is 1. The molecule has 2 nitrogen and oxygen atoms in total. The molecule has 2 unspecified atom stereocenters. The van der Waals surface area contributed by atoms with Crippen molar-refractivity contribution in [2.75, 3.05) is 0 Å². The summed E-state index contributed by atoms with van der Waals surface area (Å²) in [7, 11) is 0. The molecule has 0 spiro atoms. The van der Waals surface area contributed by atoms with E-state index in [2.05, 4.69) is 47.1 Å². The third-order valence-corrected chi connectivity index (χ3v) is 6.92. The Bertz CT molecular complexity index is 819. The van der Waals surface area contributed by atoms with Crippen molar-refractivity contribution in [3.63, 3.8) is 0 Å². The third kappa shape index (κ3) is 3.23. The van der Waals surface area contributed by atoms with Crippen molar-refractivity contribution in [1.29, 1.82) is 5.26 Å². The summed E-state index contributed by atoms with van der Waals surface area (Å²) in [6, 6.07) is 1.37. The smallest absolute Gasteiger partial charge is 0.272 e. The first-order valence-corrected chi connectivity index (χ1v) is 10.2. The number of fused-ring (bicyclic) bond motifs is 1. The predicted octanol–water partition coefficient (Wildman–Crippen LogP) is 6.55. The molecular weight excluding hydrogens is 415 g/mol. The maximum atomic E-state index is 14.2. The second-order valence-corrected chi connectivity index (χ2v) is 8.25. The minimum Gasteiger partial charge on any atom is -0.482 e. The lowest BCUT2D eigenvalue weighted by molar-refractivity contribution is 0.123. The summed E-state index contributed by atoms with van der Waals surface area (Å²) >= 11 is 9.56. The molecule has 0 saturated carbocycles. The lowest BCUT2D eigenvalue weighted by Gasteiger charge is -2.39. The minimum atomic E-state index is -0.663. The molecule has 0 fully saturated rings. The van der Waals surface area contributed by atoms with Crippen LogP contribution in [-0.4, -0.2) is 12.3 Å². The Morgan fingerprint density at radius 2 is 2.27 bits per heavy atom. The zero-order valence-corrected chi connectivity index (χ0v) is 17.3. The Hall–Kier alpha value is -1.25. The molecule has 6 heteroatoms. The zero-order valence-electron chi connectivity index (χ0n) is 15.0. The van der Waals surface area contributed by atoms with Crippen molar-refractivity contribution in [1.82, 2.24) is 0 Å². The first-order chi connectivity index (χ1) is 12.4. The van der Waals surface area contributed by atoms with E-state index in [4.69, 9.17) is 16.3 Å². The third-order valence-electron chi connectivity index (χ3n) is 5.44. The van der Waals surface area contributed by atoms with Crippen LogP contribution in [0.1, 0.15) is 38.2 Å². The Balaban J connectivity index is 2.15. The van der Waals surface area contributed by atoms with Gasteiger partial charge in [-0.1, -0.05) is 56.4 Å². The van der Waals surface area contributed by atoms with Crippen LogP contribution >= 0.6 is 27.5 Å². The Kier molecular flexibility index (Phi) is 5.84. The average molecular weight is 437 g/mol. The maximum absolute atomic E-state index is 14.2. The fourth-order valence-corrected chi connectivity index (χ4v) is 4.85. The van der Waals surface area contributed by atoms with Crippen molar-refractivity contribution in [3.8, 4) is 11.7 Å². The van der Waals surface area contributed by atoms with Crippen LogP contribution in [0.3, 0.4) is 0 Å². The van der Waals surface area contributed by atoms with Gasteiger partial charge in [-0.3, -0.25) is 0 Å². The monoisotopic (exact) mass is 435 g/mol. The van der Waals surface area contributed by atoms with E-state index < -0.39 is 11.4 Å². The molecule has 0 aromatic heterocycles. The molecule has 136 valence electrons. The number of ether oxygens (including phenoxy) is 1. The Morgan fingerprint density at radius 1 is 1.50 bits per heavy atom. The van der Waals surface area contributed by atoms with Crippen LogP contribution in [0.15, 0.2) is 34.3 Å². The highest BCUT2D eigenvalue weighted by molar-refractivity contribution is 9.10. The molecule has 1 heterocycles. The summed E-state index contributed by atoms with van der Waals surface area (Å²) in [5.41, 5.74) is 1.30. The summed E-state index contributed by atoms with van der Waals surface area (Å²) in [6.45, 7) is 3.88. The quantitative estimate of drug-likeness (QED) is 0.387. The van der Waals surface area contributed by atoms with Gasteiger partial charge in [0.2, 0.25) is 0 Å². The summed E-state index contributed by atoms with van der Waals surface area (Å²) in [4.78, 5) is 0. The van der Waals surface area contributed by atoms with Crippen LogP contribution in [0.2, 0.25) is 17.7 Å². The van der Waals surface area contributed by atoms with E-state index in [1.54, 1.807) is 0 Å². The molecule has 1 aromatic carbocycles. The van der Waals surface area contributed by atoms with Gasteiger partial charge in [0.05, 0.1) is 5.02 Å². The second kappa shape index (κ2) is 7.78. The van der Waals surface area contributed by atoms with Gasteiger partial charge in [-0.05, 0) is 40.2 Å². The van der Waals surface area contributed by atoms with Crippen molar-refractivity contribution in [2.45, 2.75) is 57.3 Å². The summed E-state index contributed by atoms with van der Waals surface area (Å²) in [6.07, 6.45) is 10.8. The molecule has 2 aliphatic rings. The first-order valence-electron chi connectivity index (χ1n) is 9.06. The molecule has 0 bridgehead atoms. The number of halogens is 3. The fraction of sp³-hybridized carbons (Fsp3) is 0.450. The number of rotatable bonds is 5. The predicted molar refractivity (Wildman–Crippen MR) is 109 cm³/mol. The first kappa shape index (κ1) is 19.5. The topological polar surface area (TPSA) is 33.0 Å². The molecule has 2 atom stereocenters. The van der Waals surface area contributed by atoms with E-state index >= 15 is 0 Å². The number of hydrogen-bond acceptors (Lipinski definition) is 2. The highest BCUT2D eigenvalue weighted by Gasteiger charge is 2.51.